The molecular weight excluding hydrogens is 364 g/mol. The van der Waals surface area contributed by atoms with Crippen molar-refractivity contribution in [1.29, 1.82) is 0 Å². The number of hydrogen-bond donors (Lipinski definition) is 2. The molecule has 1 aliphatic rings. The van der Waals surface area contributed by atoms with Crippen molar-refractivity contribution in [3.63, 3.8) is 0 Å². The Balaban J connectivity index is 1.95. The third kappa shape index (κ3) is 3.60. The van der Waals surface area contributed by atoms with Gasteiger partial charge in [-0.3, -0.25) is 14.7 Å². The standard InChI is InChI=1S/C19H24N4O5/c1-26-15-8-11(9-16(27-2)17(15)28-3)19(25)23-7-5-4-6-14(23)12-10-13(18(20)24)22-21-12/h8-10,14H,4-7H2,1-3H3,(H2,20,24)(H,21,22). The van der Waals surface area contributed by atoms with Gasteiger partial charge in [0.15, 0.2) is 11.5 Å². The smallest absolute Gasteiger partial charge is 0.269 e. The molecule has 1 aromatic heterocycles. The molecule has 28 heavy (non-hydrogen) atoms. The van der Waals surface area contributed by atoms with Gasteiger partial charge in [-0.05, 0) is 37.5 Å². The van der Waals surface area contributed by atoms with Crippen molar-refractivity contribution in [2.75, 3.05) is 27.9 Å². The number of carbonyl (C=O) groups excluding carboxylic acids is 2. The van der Waals surface area contributed by atoms with Crippen LogP contribution in [0, 0.1) is 0 Å². The Labute approximate surface area is 162 Å². The van der Waals surface area contributed by atoms with Crippen molar-refractivity contribution < 1.29 is 23.8 Å². The minimum absolute atomic E-state index is 0.153. The van der Waals surface area contributed by atoms with Crippen LogP contribution in [0.1, 0.15) is 51.8 Å². The number of piperidine rings is 1. The number of H-pyrrole nitrogens is 1. The number of aromatic nitrogens is 2. The highest BCUT2D eigenvalue weighted by molar-refractivity contribution is 5.96. The number of nitrogens with one attached hydrogen (secondary N) is 1. The van der Waals surface area contributed by atoms with Crippen LogP contribution in [-0.2, 0) is 0 Å². The summed E-state index contributed by atoms with van der Waals surface area (Å²) in [6.07, 6.45) is 2.62. The molecule has 0 aliphatic carbocycles. The van der Waals surface area contributed by atoms with E-state index in [4.69, 9.17) is 19.9 Å². The third-order valence-electron chi connectivity index (χ3n) is 4.88. The zero-order valence-electron chi connectivity index (χ0n) is 16.2. The van der Waals surface area contributed by atoms with E-state index in [0.717, 1.165) is 19.3 Å². The highest BCUT2D eigenvalue weighted by Gasteiger charge is 2.31. The first kappa shape index (κ1) is 19.5. The summed E-state index contributed by atoms with van der Waals surface area (Å²) in [5.74, 6) is 0.476. The Kier molecular flexibility index (Phi) is 5.72. The molecule has 1 saturated heterocycles. The zero-order chi connectivity index (χ0) is 20.3. The van der Waals surface area contributed by atoms with Crippen molar-refractivity contribution in [3.8, 4) is 17.2 Å². The van der Waals surface area contributed by atoms with Gasteiger partial charge in [-0.1, -0.05) is 0 Å². The van der Waals surface area contributed by atoms with Gasteiger partial charge in [-0.25, -0.2) is 0 Å². The average Bonchev–Trinajstić information content (AvgIpc) is 3.22. The molecule has 3 N–H and O–H groups in total. The number of ether oxygens (including phenoxy) is 3. The van der Waals surface area contributed by atoms with Gasteiger partial charge >= 0.3 is 0 Å². The molecule has 2 aromatic rings. The molecule has 0 saturated carbocycles. The van der Waals surface area contributed by atoms with E-state index in [2.05, 4.69) is 10.2 Å². The lowest BCUT2D eigenvalue weighted by Gasteiger charge is -2.35. The minimum Gasteiger partial charge on any atom is -0.493 e. The van der Waals surface area contributed by atoms with E-state index in [9.17, 15) is 9.59 Å². The number of amides is 2. The minimum atomic E-state index is -0.610. The number of aromatic amines is 1. The highest BCUT2D eigenvalue weighted by atomic mass is 16.5. The van der Waals surface area contributed by atoms with Crippen LogP contribution < -0.4 is 19.9 Å². The van der Waals surface area contributed by atoms with E-state index in [0.29, 0.717) is 35.1 Å². The molecule has 1 unspecified atom stereocenters. The molecule has 2 heterocycles. The Morgan fingerprint density at radius 2 is 1.79 bits per heavy atom. The van der Waals surface area contributed by atoms with Crippen LogP contribution in [0.4, 0.5) is 0 Å². The summed E-state index contributed by atoms with van der Waals surface area (Å²) in [6, 6.07) is 4.66. The monoisotopic (exact) mass is 388 g/mol. The van der Waals surface area contributed by atoms with Gasteiger partial charge < -0.3 is 24.8 Å². The first-order valence-corrected chi connectivity index (χ1v) is 8.96. The molecule has 0 radical (unpaired) electrons. The van der Waals surface area contributed by atoms with Crippen molar-refractivity contribution in [2.24, 2.45) is 5.73 Å². The van der Waals surface area contributed by atoms with Crippen molar-refractivity contribution in [1.82, 2.24) is 15.1 Å². The molecule has 0 bridgehead atoms. The lowest BCUT2D eigenvalue weighted by Crippen LogP contribution is -2.38. The molecule has 150 valence electrons. The van der Waals surface area contributed by atoms with Crippen molar-refractivity contribution >= 4 is 11.8 Å². The second-order valence-electron chi connectivity index (χ2n) is 6.50. The SMILES string of the molecule is COc1cc(C(=O)N2CCCCC2c2cc(C(N)=O)n[nH]2)cc(OC)c1OC. The van der Waals surface area contributed by atoms with E-state index in [1.807, 2.05) is 0 Å². The summed E-state index contributed by atoms with van der Waals surface area (Å²) < 4.78 is 16.0. The molecule has 1 aliphatic heterocycles. The first-order valence-electron chi connectivity index (χ1n) is 8.96. The Hall–Kier alpha value is -3.23. The fourth-order valence-corrected chi connectivity index (χ4v) is 3.50. The number of carbonyl (C=O) groups is 2. The summed E-state index contributed by atoms with van der Waals surface area (Å²) in [4.78, 5) is 26.4. The molecule has 0 spiro atoms. The number of benzene rings is 1. The van der Waals surface area contributed by atoms with Gasteiger partial charge in [0.25, 0.3) is 11.8 Å². The summed E-state index contributed by atoms with van der Waals surface area (Å²) in [7, 11) is 4.52. The molecule has 3 rings (SSSR count). The number of likely N-dealkylation sites (tertiary alicyclic amines) is 1. The van der Waals surface area contributed by atoms with Gasteiger partial charge in [0.2, 0.25) is 5.75 Å². The van der Waals surface area contributed by atoms with E-state index in [1.165, 1.54) is 21.3 Å². The second kappa shape index (κ2) is 8.20. The van der Waals surface area contributed by atoms with E-state index in [1.54, 1.807) is 23.1 Å². The van der Waals surface area contributed by atoms with E-state index in [-0.39, 0.29) is 17.6 Å². The van der Waals surface area contributed by atoms with Crippen molar-refractivity contribution in [2.45, 2.75) is 25.3 Å². The summed E-state index contributed by atoms with van der Waals surface area (Å²) in [5, 5.41) is 6.78. The molecule has 9 heteroatoms. The number of hydrogen-bond acceptors (Lipinski definition) is 6. The van der Waals surface area contributed by atoms with Crippen LogP contribution in [0.2, 0.25) is 0 Å². The molecule has 9 nitrogen and oxygen atoms in total. The summed E-state index contributed by atoms with van der Waals surface area (Å²) in [6.45, 7) is 0.588. The van der Waals surface area contributed by atoms with Crippen LogP contribution in [0.3, 0.4) is 0 Å². The Bertz CT molecular complexity index is 854. The summed E-state index contributed by atoms with van der Waals surface area (Å²) >= 11 is 0. The third-order valence-corrected chi connectivity index (χ3v) is 4.88. The number of rotatable bonds is 6. The number of methoxy groups -OCH3 is 3. The van der Waals surface area contributed by atoms with Crippen LogP contribution in [0.5, 0.6) is 17.2 Å². The lowest BCUT2D eigenvalue weighted by atomic mass is 9.97. The predicted octanol–water partition coefficient (Wildman–Crippen LogP) is 1.90. The molecule has 2 amide bonds. The van der Waals surface area contributed by atoms with Crippen LogP contribution in [-0.4, -0.2) is 54.8 Å². The normalized spacial score (nSPS) is 16.5. The fraction of sp³-hybridized carbons (Fsp3) is 0.421. The zero-order valence-corrected chi connectivity index (χ0v) is 16.2. The lowest BCUT2D eigenvalue weighted by molar-refractivity contribution is 0.0605. The van der Waals surface area contributed by atoms with Gasteiger partial charge in [0.05, 0.1) is 33.1 Å². The number of nitrogens with zero attached hydrogens (tertiary/aromatic N) is 2. The predicted molar refractivity (Wildman–Crippen MR) is 101 cm³/mol. The maximum Gasteiger partial charge on any atom is 0.269 e. The van der Waals surface area contributed by atoms with Gasteiger partial charge in [-0.2, -0.15) is 5.10 Å². The number of nitrogens with two attached hydrogens (primary N) is 1. The van der Waals surface area contributed by atoms with Gasteiger partial charge in [-0.15, -0.1) is 0 Å². The average molecular weight is 388 g/mol. The summed E-state index contributed by atoms with van der Waals surface area (Å²) in [5.41, 5.74) is 6.56. The van der Waals surface area contributed by atoms with Crippen LogP contribution in [0.15, 0.2) is 18.2 Å². The molecule has 1 aromatic carbocycles. The Morgan fingerprint density at radius 1 is 1.11 bits per heavy atom. The quantitative estimate of drug-likeness (QED) is 0.780. The van der Waals surface area contributed by atoms with Gasteiger partial charge in [0, 0.05) is 12.1 Å². The van der Waals surface area contributed by atoms with Crippen LogP contribution in [0.25, 0.3) is 0 Å². The number of primary amides is 1. The van der Waals surface area contributed by atoms with Gasteiger partial charge in [0.1, 0.15) is 5.69 Å². The largest absolute Gasteiger partial charge is 0.493 e. The molecule has 1 atom stereocenters. The fourth-order valence-electron chi connectivity index (χ4n) is 3.50. The van der Waals surface area contributed by atoms with Crippen molar-refractivity contribution in [3.05, 3.63) is 35.2 Å². The topological polar surface area (TPSA) is 120 Å². The second-order valence-corrected chi connectivity index (χ2v) is 6.50. The van der Waals surface area contributed by atoms with E-state index >= 15 is 0 Å². The maximum atomic E-state index is 13.3. The Morgan fingerprint density at radius 3 is 2.32 bits per heavy atom. The van der Waals surface area contributed by atoms with Crippen LogP contribution >= 0.6 is 0 Å². The molecule has 1 fully saturated rings. The van der Waals surface area contributed by atoms with E-state index < -0.39 is 5.91 Å². The maximum absolute atomic E-state index is 13.3. The first-order chi connectivity index (χ1) is 13.5. The highest BCUT2D eigenvalue weighted by Crippen LogP contribution is 2.39. The molecular formula is C19H24N4O5.